The van der Waals surface area contributed by atoms with Gasteiger partial charge in [-0.15, -0.1) is 0 Å². The molecule has 8 nitrogen and oxygen atoms in total. The van der Waals surface area contributed by atoms with E-state index in [1.54, 1.807) is 18.2 Å². The SMILES string of the molecule is N#Cc1cnc2c(c1)CCCC2O.N=C(c1cnco1)c1cc(N)ccc1N. The molecule has 6 N–H and O–H groups in total. The maximum Gasteiger partial charge on any atom is 0.181 e. The van der Waals surface area contributed by atoms with Gasteiger partial charge >= 0.3 is 0 Å². The molecule has 8 heteroatoms. The summed E-state index contributed by atoms with van der Waals surface area (Å²) >= 11 is 0. The second-order valence-corrected chi connectivity index (χ2v) is 6.38. The van der Waals surface area contributed by atoms with Crippen LogP contribution in [0.15, 0.2) is 47.5 Å². The van der Waals surface area contributed by atoms with Gasteiger partial charge in [-0.05, 0) is 49.1 Å². The topological polar surface area (TPSA) is 159 Å². The second kappa shape index (κ2) is 8.33. The van der Waals surface area contributed by atoms with Gasteiger partial charge < -0.3 is 21.0 Å². The molecular weight excluding hydrogens is 356 g/mol. The average Bonchev–Trinajstić information content (AvgIpc) is 3.24. The molecule has 0 bridgehead atoms. The number of rotatable bonds is 2. The van der Waals surface area contributed by atoms with E-state index >= 15 is 0 Å². The highest BCUT2D eigenvalue weighted by molar-refractivity contribution is 6.12. The van der Waals surface area contributed by atoms with E-state index in [1.165, 1.54) is 18.8 Å². The Bertz CT molecular complexity index is 1020. The van der Waals surface area contributed by atoms with E-state index in [9.17, 15) is 5.11 Å². The summed E-state index contributed by atoms with van der Waals surface area (Å²) in [6.45, 7) is 0. The maximum atomic E-state index is 9.58. The fourth-order valence-electron chi connectivity index (χ4n) is 2.97. The molecule has 0 fully saturated rings. The minimum absolute atomic E-state index is 0.178. The molecule has 0 saturated carbocycles. The molecule has 3 aromatic rings. The van der Waals surface area contributed by atoms with Gasteiger partial charge in [-0.1, -0.05) is 0 Å². The van der Waals surface area contributed by atoms with Crippen LogP contribution in [0.2, 0.25) is 0 Å². The number of nitrogens with zero attached hydrogens (tertiary/aromatic N) is 3. The number of hydrogen-bond donors (Lipinski definition) is 4. The number of aromatic nitrogens is 2. The van der Waals surface area contributed by atoms with Gasteiger partial charge in [0.05, 0.1) is 23.6 Å². The third-order valence-corrected chi connectivity index (χ3v) is 4.40. The van der Waals surface area contributed by atoms with Gasteiger partial charge in [0.1, 0.15) is 11.8 Å². The van der Waals surface area contributed by atoms with Gasteiger partial charge in [0.25, 0.3) is 0 Å². The summed E-state index contributed by atoms with van der Waals surface area (Å²) in [5.41, 5.74) is 15.5. The number of hydrogen-bond acceptors (Lipinski definition) is 8. The highest BCUT2D eigenvalue weighted by atomic mass is 16.3. The van der Waals surface area contributed by atoms with Crippen molar-refractivity contribution in [2.45, 2.75) is 25.4 Å². The van der Waals surface area contributed by atoms with Crippen LogP contribution < -0.4 is 11.5 Å². The molecule has 0 amide bonds. The second-order valence-electron chi connectivity index (χ2n) is 6.38. The number of aryl methyl sites for hydroxylation is 1. The Balaban J connectivity index is 0.000000162. The number of oxazole rings is 1. The number of nitrogens with two attached hydrogens (primary N) is 2. The first-order chi connectivity index (χ1) is 13.5. The number of nitrogens with one attached hydrogen (secondary N) is 1. The van der Waals surface area contributed by atoms with Crippen molar-refractivity contribution in [3.8, 4) is 6.07 Å². The van der Waals surface area contributed by atoms with Crippen molar-refractivity contribution in [2.75, 3.05) is 11.5 Å². The standard InChI is InChI=1S/C10H10N4O.C10H10N2O/c11-6-1-2-8(12)7(3-6)10(13)9-4-14-5-15-9;11-5-7-4-8-2-1-3-9(13)10(8)12-6-7/h1-5,13H,11-12H2;4,6,9,13H,1-3H2. The zero-order chi connectivity index (χ0) is 20.1. The normalized spacial score (nSPS) is 14.9. The zero-order valence-electron chi connectivity index (χ0n) is 15.1. The van der Waals surface area contributed by atoms with Crippen molar-refractivity contribution in [3.05, 3.63) is 71.2 Å². The summed E-state index contributed by atoms with van der Waals surface area (Å²) < 4.78 is 5.01. The molecule has 1 atom stereocenters. The van der Waals surface area contributed by atoms with Crippen LogP contribution in [0.4, 0.5) is 11.4 Å². The van der Waals surface area contributed by atoms with Crippen LogP contribution in [-0.4, -0.2) is 20.8 Å². The van der Waals surface area contributed by atoms with Crippen molar-refractivity contribution in [2.24, 2.45) is 0 Å². The first-order valence-electron chi connectivity index (χ1n) is 8.69. The fourth-order valence-corrected chi connectivity index (χ4v) is 2.97. The Morgan fingerprint density at radius 1 is 1.29 bits per heavy atom. The summed E-state index contributed by atoms with van der Waals surface area (Å²) in [6.07, 6.45) is 6.51. The summed E-state index contributed by atoms with van der Waals surface area (Å²) in [4.78, 5) is 7.84. The molecule has 2 aromatic heterocycles. The Kier molecular flexibility index (Phi) is 5.67. The number of nitriles is 1. The van der Waals surface area contributed by atoms with Gasteiger partial charge in [0.2, 0.25) is 0 Å². The maximum absolute atomic E-state index is 9.58. The third-order valence-electron chi connectivity index (χ3n) is 4.40. The fraction of sp³-hybridized carbons (Fsp3) is 0.200. The summed E-state index contributed by atoms with van der Waals surface area (Å²) in [7, 11) is 0. The monoisotopic (exact) mass is 376 g/mol. The molecule has 142 valence electrons. The molecule has 1 aliphatic carbocycles. The number of fused-ring (bicyclic) bond motifs is 1. The van der Waals surface area contributed by atoms with Crippen LogP contribution in [0.3, 0.4) is 0 Å². The molecule has 0 spiro atoms. The smallest absolute Gasteiger partial charge is 0.181 e. The Labute approximate surface area is 162 Å². The Hall–Kier alpha value is -3.70. The van der Waals surface area contributed by atoms with Crippen molar-refractivity contribution in [1.82, 2.24) is 9.97 Å². The van der Waals surface area contributed by atoms with Crippen LogP contribution in [-0.2, 0) is 6.42 Å². The van der Waals surface area contributed by atoms with Gasteiger partial charge in [0.15, 0.2) is 12.2 Å². The number of aliphatic hydroxyl groups is 1. The summed E-state index contributed by atoms with van der Waals surface area (Å²) in [5, 5.41) is 26.1. The highest BCUT2D eigenvalue weighted by Gasteiger charge is 2.19. The highest BCUT2D eigenvalue weighted by Crippen LogP contribution is 2.27. The lowest BCUT2D eigenvalue weighted by molar-refractivity contribution is 0.151. The van der Waals surface area contributed by atoms with E-state index in [2.05, 4.69) is 9.97 Å². The summed E-state index contributed by atoms with van der Waals surface area (Å²) in [5.74, 6) is 0.368. The number of pyridine rings is 1. The molecule has 28 heavy (non-hydrogen) atoms. The summed E-state index contributed by atoms with van der Waals surface area (Å²) in [6, 6.07) is 8.86. The van der Waals surface area contributed by atoms with Crippen LogP contribution in [0, 0.1) is 16.7 Å². The zero-order valence-corrected chi connectivity index (χ0v) is 15.1. The third kappa shape index (κ3) is 4.16. The lowest BCUT2D eigenvalue weighted by atomic mass is 9.93. The van der Waals surface area contributed by atoms with E-state index in [4.69, 9.17) is 26.6 Å². The van der Waals surface area contributed by atoms with Crippen LogP contribution >= 0.6 is 0 Å². The molecular formula is C20H20N6O2. The van der Waals surface area contributed by atoms with Gasteiger partial charge in [-0.25, -0.2) is 4.98 Å². The van der Waals surface area contributed by atoms with E-state index in [0.29, 0.717) is 28.3 Å². The quantitative estimate of drug-likeness (QED) is 0.395. The molecule has 1 aliphatic rings. The van der Waals surface area contributed by atoms with Crippen LogP contribution in [0.25, 0.3) is 0 Å². The van der Waals surface area contributed by atoms with Gasteiger partial charge in [0, 0.05) is 23.1 Å². The number of benzene rings is 1. The van der Waals surface area contributed by atoms with Crippen molar-refractivity contribution < 1.29 is 9.52 Å². The molecule has 1 unspecified atom stereocenters. The number of aliphatic hydroxyl groups excluding tert-OH is 1. The molecule has 2 heterocycles. The minimum Gasteiger partial charge on any atom is -0.442 e. The van der Waals surface area contributed by atoms with Gasteiger partial charge in [-0.2, -0.15) is 5.26 Å². The molecule has 1 aromatic carbocycles. The number of anilines is 2. The van der Waals surface area contributed by atoms with E-state index in [0.717, 1.165) is 30.5 Å². The van der Waals surface area contributed by atoms with E-state index in [-0.39, 0.29) is 5.71 Å². The van der Waals surface area contributed by atoms with Crippen LogP contribution in [0.5, 0.6) is 0 Å². The lowest BCUT2D eigenvalue weighted by Gasteiger charge is -2.19. The average molecular weight is 376 g/mol. The first-order valence-corrected chi connectivity index (χ1v) is 8.69. The Morgan fingerprint density at radius 2 is 2.11 bits per heavy atom. The van der Waals surface area contributed by atoms with Crippen LogP contribution in [0.1, 0.15) is 47.1 Å². The minimum atomic E-state index is -0.434. The van der Waals surface area contributed by atoms with Crippen molar-refractivity contribution >= 4 is 17.1 Å². The predicted molar refractivity (Wildman–Crippen MR) is 105 cm³/mol. The molecule has 0 saturated heterocycles. The predicted octanol–water partition coefficient (Wildman–Crippen LogP) is 2.58. The van der Waals surface area contributed by atoms with E-state index in [1.807, 2.05) is 12.1 Å². The van der Waals surface area contributed by atoms with Crippen molar-refractivity contribution in [3.63, 3.8) is 0 Å². The van der Waals surface area contributed by atoms with Gasteiger partial charge in [-0.3, -0.25) is 10.4 Å². The first kappa shape index (κ1) is 19.1. The number of nitrogen functional groups attached to an aromatic ring is 2. The molecule has 0 aliphatic heterocycles. The molecule has 0 radical (unpaired) electrons. The lowest BCUT2D eigenvalue weighted by Crippen LogP contribution is -2.11. The Morgan fingerprint density at radius 3 is 2.82 bits per heavy atom. The largest absolute Gasteiger partial charge is 0.442 e. The van der Waals surface area contributed by atoms with Crippen molar-refractivity contribution in [1.29, 1.82) is 10.7 Å². The molecule has 4 rings (SSSR count). The van der Waals surface area contributed by atoms with E-state index < -0.39 is 6.10 Å².